The van der Waals surface area contributed by atoms with E-state index < -0.39 is 60.0 Å². The maximum Gasteiger partial charge on any atom is 0.344 e. The molecule has 0 aliphatic carbocycles. The van der Waals surface area contributed by atoms with E-state index in [0.717, 1.165) is 14.7 Å². The van der Waals surface area contributed by atoms with E-state index in [-0.39, 0.29) is 39.3 Å². The minimum atomic E-state index is -4.82. The Labute approximate surface area is 173 Å². The minimum Gasteiger partial charge on any atom is -0.394 e. The van der Waals surface area contributed by atoms with Gasteiger partial charge < -0.3 is 44.7 Å². The molecule has 0 aromatic heterocycles. The van der Waals surface area contributed by atoms with Crippen molar-refractivity contribution < 1.29 is 58.4 Å². The van der Waals surface area contributed by atoms with E-state index in [9.17, 15) is 58.4 Å². The molecule has 15 nitrogen and oxygen atoms in total. The summed E-state index contributed by atoms with van der Waals surface area (Å²) in [6, 6.07) is 0. The molecule has 0 bridgehead atoms. The lowest BCUT2D eigenvalue weighted by Crippen LogP contribution is -2.46. The fourth-order valence-corrected chi connectivity index (χ4v) is 5.91. The first-order chi connectivity index (χ1) is 13.7. The number of nitrogens with zero attached hydrogens (tertiary/aromatic N) is 3. The highest BCUT2D eigenvalue weighted by atomic mass is 31.2. The standard InChI is InChI=1S/C12H30N3O12P3/c16-7-10(28(19,20)21)13-1-2-14(11(8-17)29(22,23)24)5-6-15(4-3-13)12(9-18)30(25,26)27/h10-12,16-18H,1-9H2,(H2,19,20,21)(H2,22,23,24)(H2,25,26,27). The third kappa shape index (κ3) is 7.96. The largest absolute Gasteiger partial charge is 0.394 e. The summed E-state index contributed by atoms with van der Waals surface area (Å²) < 4.78 is 35.2. The van der Waals surface area contributed by atoms with E-state index in [0.29, 0.717) is 0 Å². The molecule has 1 aliphatic rings. The van der Waals surface area contributed by atoms with Crippen LogP contribution >= 0.6 is 22.8 Å². The Balaban J connectivity index is 3.30. The number of rotatable bonds is 9. The second-order valence-electron chi connectivity index (χ2n) is 6.86. The smallest absolute Gasteiger partial charge is 0.344 e. The molecule has 9 N–H and O–H groups in total. The first-order valence-electron chi connectivity index (χ1n) is 8.87. The van der Waals surface area contributed by atoms with Gasteiger partial charge in [-0.25, -0.2) is 0 Å². The molecule has 18 heteroatoms. The average molecular weight is 501 g/mol. The second-order valence-corrected chi connectivity index (χ2v) is 12.2. The molecule has 0 amide bonds. The minimum absolute atomic E-state index is 0.166. The molecule has 1 saturated heterocycles. The first-order valence-corrected chi connectivity index (χ1v) is 13.9. The van der Waals surface area contributed by atoms with Crippen LogP contribution in [0, 0.1) is 0 Å². The number of hydrogen-bond donors (Lipinski definition) is 9. The van der Waals surface area contributed by atoms with E-state index in [1.807, 2.05) is 0 Å². The fourth-order valence-electron chi connectivity index (χ4n) is 3.30. The van der Waals surface area contributed by atoms with Gasteiger partial charge in [-0.15, -0.1) is 0 Å². The highest BCUT2D eigenvalue weighted by molar-refractivity contribution is 7.53. The topological polar surface area (TPSA) is 243 Å². The van der Waals surface area contributed by atoms with Gasteiger partial charge in [-0.2, -0.15) is 0 Å². The van der Waals surface area contributed by atoms with Gasteiger partial charge in [0.2, 0.25) is 0 Å². The summed E-state index contributed by atoms with van der Waals surface area (Å²) in [6.45, 7) is -3.81. The van der Waals surface area contributed by atoms with Gasteiger partial charge in [0.15, 0.2) is 0 Å². The number of aliphatic hydroxyl groups excluding tert-OH is 3. The van der Waals surface area contributed by atoms with Gasteiger partial charge in [-0.1, -0.05) is 0 Å². The Kier molecular flexibility index (Phi) is 10.7. The van der Waals surface area contributed by atoms with Gasteiger partial charge in [-0.3, -0.25) is 28.4 Å². The van der Waals surface area contributed by atoms with E-state index in [1.54, 1.807) is 0 Å². The van der Waals surface area contributed by atoms with Crippen LogP contribution in [0.4, 0.5) is 0 Å². The molecule has 3 atom stereocenters. The normalized spacial score (nSPS) is 22.7. The zero-order valence-corrected chi connectivity index (χ0v) is 18.7. The van der Waals surface area contributed by atoms with Crippen molar-refractivity contribution in [3.05, 3.63) is 0 Å². The van der Waals surface area contributed by atoms with Crippen LogP contribution in [0.3, 0.4) is 0 Å². The number of aliphatic hydroxyl groups is 3. The molecule has 1 rings (SSSR count). The van der Waals surface area contributed by atoms with Gasteiger partial charge >= 0.3 is 22.8 Å². The molecule has 0 saturated carbocycles. The molecule has 1 fully saturated rings. The van der Waals surface area contributed by atoms with E-state index in [4.69, 9.17) is 0 Å². The predicted octanol–water partition coefficient (Wildman–Crippen LogP) is -3.61. The summed E-state index contributed by atoms with van der Waals surface area (Å²) in [5.74, 6) is -4.95. The van der Waals surface area contributed by atoms with Crippen molar-refractivity contribution in [2.75, 3.05) is 59.1 Å². The summed E-state index contributed by atoms with van der Waals surface area (Å²) in [7, 11) is -14.5. The molecule has 0 radical (unpaired) electrons. The summed E-state index contributed by atoms with van der Waals surface area (Å²) >= 11 is 0. The van der Waals surface area contributed by atoms with Crippen molar-refractivity contribution in [2.24, 2.45) is 0 Å². The van der Waals surface area contributed by atoms with Crippen LogP contribution in [0.15, 0.2) is 0 Å². The Morgan fingerprint density at radius 1 is 0.500 bits per heavy atom. The maximum absolute atomic E-state index is 11.7. The monoisotopic (exact) mass is 501 g/mol. The maximum atomic E-state index is 11.7. The van der Waals surface area contributed by atoms with Crippen molar-refractivity contribution in [1.82, 2.24) is 14.7 Å². The van der Waals surface area contributed by atoms with Crippen LogP contribution in [-0.2, 0) is 13.7 Å². The van der Waals surface area contributed by atoms with Crippen molar-refractivity contribution in [1.29, 1.82) is 0 Å². The van der Waals surface area contributed by atoms with Crippen LogP contribution < -0.4 is 0 Å². The second kappa shape index (κ2) is 11.4. The van der Waals surface area contributed by atoms with Crippen LogP contribution in [0.2, 0.25) is 0 Å². The lowest BCUT2D eigenvalue weighted by molar-refractivity contribution is 0.114. The Morgan fingerprint density at radius 3 is 0.767 bits per heavy atom. The third-order valence-electron chi connectivity index (χ3n) is 4.94. The molecule has 180 valence electrons. The lowest BCUT2D eigenvalue weighted by atomic mass is 10.4. The van der Waals surface area contributed by atoms with Crippen LogP contribution in [0.5, 0.6) is 0 Å². The Bertz CT molecular complexity index is 578. The Morgan fingerprint density at radius 2 is 0.667 bits per heavy atom. The van der Waals surface area contributed by atoms with Crippen LogP contribution in [0.1, 0.15) is 0 Å². The molecule has 30 heavy (non-hydrogen) atoms. The average Bonchev–Trinajstić information content (AvgIpc) is 2.66. The number of hydrogen-bond acceptors (Lipinski definition) is 9. The molecule has 1 heterocycles. The molecule has 0 spiro atoms. The highest BCUT2D eigenvalue weighted by Gasteiger charge is 2.40. The first kappa shape index (κ1) is 28.2. The van der Waals surface area contributed by atoms with E-state index in [1.165, 1.54) is 0 Å². The summed E-state index contributed by atoms with van der Waals surface area (Å²) in [4.78, 5) is 60.5. The van der Waals surface area contributed by atoms with Crippen molar-refractivity contribution in [3.8, 4) is 0 Å². The lowest BCUT2D eigenvalue weighted by Gasteiger charge is -2.34. The highest BCUT2D eigenvalue weighted by Crippen LogP contribution is 2.45. The SMILES string of the molecule is O=P(O)(O)C(CO)N1CCN(C(CO)P(=O)(O)O)CCN(C(CO)P(=O)(O)O)CC1. The zero-order chi connectivity index (χ0) is 23.3. The van der Waals surface area contributed by atoms with E-state index in [2.05, 4.69) is 0 Å². The Hall–Kier alpha value is 0.210. The molecular formula is C12H30N3O12P3. The van der Waals surface area contributed by atoms with Gasteiger partial charge in [0.1, 0.15) is 17.3 Å². The summed E-state index contributed by atoms with van der Waals surface area (Å²) in [5.41, 5.74) is 0. The predicted molar refractivity (Wildman–Crippen MR) is 103 cm³/mol. The quantitative estimate of drug-likeness (QED) is 0.139. The molecular weight excluding hydrogens is 471 g/mol. The van der Waals surface area contributed by atoms with Gasteiger partial charge in [-0.05, 0) is 0 Å². The van der Waals surface area contributed by atoms with Crippen molar-refractivity contribution >= 4 is 22.8 Å². The van der Waals surface area contributed by atoms with Crippen molar-refractivity contribution in [3.63, 3.8) is 0 Å². The van der Waals surface area contributed by atoms with Crippen molar-refractivity contribution in [2.45, 2.75) is 17.3 Å². The summed E-state index contributed by atoms with van der Waals surface area (Å²) in [5, 5.41) is 28.4. The molecule has 1 aliphatic heterocycles. The summed E-state index contributed by atoms with van der Waals surface area (Å²) in [6.07, 6.45) is 0. The fraction of sp³-hybridized carbons (Fsp3) is 1.00. The third-order valence-corrected chi connectivity index (χ3v) is 8.74. The van der Waals surface area contributed by atoms with Gasteiger partial charge in [0.05, 0.1) is 19.8 Å². The van der Waals surface area contributed by atoms with Crippen LogP contribution in [0.25, 0.3) is 0 Å². The molecule has 3 unspecified atom stereocenters. The van der Waals surface area contributed by atoms with E-state index >= 15 is 0 Å². The zero-order valence-electron chi connectivity index (χ0n) is 16.0. The van der Waals surface area contributed by atoms with Crippen LogP contribution in [-0.4, -0.2) is 136 Å². The van der Waals surface area contributed by atoms with Gasteiger partial charge in [0.25, 0.3) is 0 Å². The van der Waals surface area contributed by atoms with Gasteiger partial charge in [0, 0.05) is 39.3 Å². The molecule has 0 aromatic carbocycles. The molecule has 0 aromatic rings.